The maximum absolute atomic E-state index is 12.2. The van der Waals surface area contributed by atoms with Gasteiger partial charge in [0.05, 0.1) is 12.5 Å². The third kappa shape index (κ3) is 4.84. The van der Waals surface area contributed by atoms with Crippen molar-refractivity contribution in [2.45, 2.75) is 32.7 Å². The van der Waals surface area contributed by atoms with Gasteiger partial charge in [0.2, 0.25) is 5.91 Å². The number of amides is 1. The van der Waals surface area contributed by atoms with Gasteiger partial charge < -0.3 is 15.5 Å². The summed E-state index contributed by atoms with van der Waals surface area (Å²) in [7, 11) is 0. The van der Waals surface area contributed by atoms with E-state index in [-0.39, 0.29) is 29.6 Å². The maximum atomic E-state index is 12.2. The van der Waals surface area contributed by atoms with E-state index < -0.39 is 6.04 Å². The fourth-order valence-corrected chi connectivity index (χ4v) is 2.42. The van der Waals surface area contributed by atoms with Crippen molar-refractivity contribution in [3.05, 3.63) is 59.2 Å². The summed E-state index contributed by atoms with van der Waals surface area (Å²) in [5.41, 5.74) is 2.33. The van der Waals surface area contributed by atoms with Crippen molar-refractivity contribution in [2.75, 3.05) is 0 Å². The lowest BCUT2D eigenvalue weighted by atomic mass is 10.0. The largest absolute Gasteiger partial charge is 0.508 e. The summed E-state index contributed by atoms with van der Waals surface area (Å²) in [6.07, 6.45) is 0.510. The molecule has 24 heavy (non-hydrogen) atoms. The zero-order chi connectivity index (χ0) is 17.7. The summed E-state index contributed by atoms with van der Waals surface area (Å²) in [5.74, 6) is -0.0321. The second kappa shape index (κ2) is 7.64. The highest BCUT2D eigenvalue weighted by atomic mass is 16.3. The highest BCUT2D eigenvalue weighted by molar-refractivity contribution is 5.88. The Morgan fingerprint density at radius 2 is 1.67 bits per heavy atom. The molecule has 5 nitrogen and oxygen atoms in total. The number of phenols is 2. The van der Waals surface area contributed by atoms with Crippen LogP contribution in [0.15, 0.2) is 42.5 Å². The Kier molecular flexibility index (Phi) is 5.58. The number of ketones is 1. The number of rotatable bonds is 6. The van der Waals surface area contributed by atoms with Gasteiger partial charge in [-0.05, 0) is 55.2 Å². The smallest absolute Gasteiger partial charge is 0.225 e. The van der Waals surface area contributed by atoms with Crippen molar-refractivity contribution in [2.24, 2.45) is 0 Å². The minimum absolute atomic E-state index is 0.127. The molecule has 0 saturated carbocycles. The molecule has 2 aromatic rings. The molecule has 3 N–H and O–H groups in total. The van der Waals surface area contributed by atoms with Crippen LogP contribution in [0, 0.1) is 6.92 Å². The average molecular weight is 327 g/mol. The fraction of sp³-hybridized carbons (Fsp3) is 0.263. The second-order valence-corrected chi connectivity index (χ2v) is 5.90. The fourth-order valence-electron chi connectivity index (χ4n) is 2.42. The van der Waals surface area contributed by atoms with Crippen LogP contribution in [0.25, 0.3) is 0 Å². The number of aryl methyl sites for hydroxylation is 1. The first kappa shape index (κ1) is 17.5. The standard InChI is InChI=1S/C19H21NO4/c1-12-9-15(5-8-18(12)23)11-19(24)20-17(13(2)21)10-14-3-6-16(22)7-4-14/h3-9,17,22-23H,10-11H2,1-2H3,(H,20,24). The van der Waals surface area contributed by atoms with Crippen LogP contribution in [0.3, 0.4) is 0 Å². The van der Waals surface area contributed by atoms with Crippen LogP contribution in [0.4, 0.5) is 0 Å². The van der Waals surface area contributed by atoms with Crippen molar-refractivity contribution in [3.8, 4) is 11.5 Å². The molecule has 2 aromatic carbocycles. The summed E-state index contributed by atoms with van der Waals surface area (Å²) >= 11 is 0. The van der Waals surface area contributed by atoms with Gasteiger partial charge in [0, 0.05) is 0 Å². The van der Waals surface area contributed by atoms with Crippen molar-refractivity contribution in [1.29, 1.82) is 0 Å². The van der Waals surface area contributed by atoms with Gasteiger partial charge in [-0.3, -0.25) is 9.59 Å². The SMILES string of the molecule is CC(=O)C(Cc1ccc(O)cc1)NC(=O)Cc1ccc(O)c(C)c1. The first-order valence-electron chi connectivity index (χ1n) is 7.71. The summed E-state index contributed by atoms with van der Waals surface area (Å²) in [4.78, 5) is 24.0. The number of carbonyl (C=O) groups excluding carboxylic acids is 2. The third-order valence-corrected chi connectivity index (χ3v) is 3.83. The Bertz CT molecular complexity index is 738. The lowest BCUT2D eigenvalue weighted by molar-refractivity contribution is -0.126. The molecule has 1 atom stereocenters. The number of phenolic OH excluding ortho intramolecular Hbond substituents is 2. The van der Waals surface area contributed by atoms with Gasteiger partial charge in [0.25, 0.3) is 0 Å². The molecule has 0 fully saturated rings. The average Bonchev–Trinajstić information content (AvgIpc) is 2.52. The van der Waals surface area contributed by atoms with E-state index >= 15 is 0 Å². The quantitative estimate of drug-likeness (QED) is 0.759. The molecule has 0 saturated heterocycles. The Labute approximate surface area is 141 Å². The molecule has 126 valence electrons. The number of carbonyl (C=O) groups is 2. The molecule has 5 heteroatoms. The number of Topliss-reactive ketones (excluding diaryl/α,β-unsaturated/α-hetero) is 1. The Morgan fingerprint density at radius 3 is 2.25 bits per heavy atom. The Morgan fingerprint density at radius 1 is 1.04 bits per heavy atom. The van der Waals surface area contributed by atoms with Crippen LogP contribution in [-0.4, -0.2) is 27.9 Å². The van der Waals surface area contributed by atoms with E-state index in [1.165, 1.54) is 6.92 Å². The maximum Gasteiger partial charge on any atom is 0.225 e. The van der Waals surface area contributed by atoms with Crippen LogP contribution in [0.1, 0.15) is 23.6 Å². The molecule has 0 aliphatic heterocycles. The highest BCUT2D eigenvalue weighted by Crippen LogP contribution is 2.17. The van der Waals surface area contributed by atoms with Crippen molar-refractivity contribution in [3.63, 3.8) is 0 Å². The molecule has 0 aromatic heterocycles. The first-order chi connectivity index (χ1) is 11.3. The molecule has 0 bridgehead atoms. The summed E-state index contributed by atoms with van der Waals surface area (Å²) in [6, 6.07) is 10.9. The molecule has 0 heterocycles. The van der Waals surface area contributed by atoms with E-state index in [2.05, 4.69) is 5.32 Å². The lowest BCUT2D eigenvalue weighted by Crippen LogP contribution is -2.42. The van der Waals surface area contributed by atoms with Crippen LogP contribution in [0.2, 0.25) is 0 Å². The zero-order valence-corrected chi connectivity index (χ0v) is 13.7. The van der Waals surface area contributed by atoms with Gasteiger partial charge >= 0.3 is 0 Å². The van der Waals surface area contributed by atoms with Crippen molar-refractivity contribution in [1.82, 2.24) is 5.32 Å². The first-order valence-corrected chi connectivity index (χ1v) is 7.71. The van der Waals surface area contributed by atoms with Crippen LogP contribution in [0.5, 0.6) is 11.5 Å². The van der Waals surface area contributed by atoms with Gasteiger partial charge in [0.1, 0.15) is 11.5 Å². The Hall–Kier alpha value is -2.82. The lowest BCUT2D eigenvalue weighted by Gasteiger charge is -2.16. The molecular formula is C19H21NO4. The summed E-state index contributed by atoms with van der Waals surface area (Å²) in [6.45, 7) is 3.20. The monoisotopic (exact) mass is 327 g/mol. The predicted molar refractivity (Wildman–Crippen MR) is 91.0 cm³/mol. The Balaban J connectivity index is 2.01. The van der Waals surface area contributed by atoms with E-state index in [0.717, 1.165) is 11.1 Å². The minimum Gasteiger partial charge on any atom is -0.508 e. The molecule has 0 aliphatic carbocycles. The number of benzene rings is 2. The minimum atomic E-state index is -0.611. The third-order valence-electron chi connectivity index (χ3n) is 3.83. The van der Waals surface area contributed by atoms with E-state index in [0.29, 0.717) is 12.0 Å². The van der Waals surface area contributed by atoms with E-state index in [4.69, 9.17) is 0 Å². The van der Waals surface area contributed by atoms with Crippen LogP contribution < -0.4 is 5.32 Å². The van der Waals surface area contributed by atoms with Crippen molar-refractivity contribution >= 4 is 11.7 Å². The molecule has 1 amide bonds. The van der Waals surface area contributed by atoms with Crippen LogP contribution >= 0.6 is 0 Å². The molecule has 0 aliphatic rings. The van der Waals surface area contributed by atoms with Crippen molar-refractivity contribution < 1.29 is 19.8 Å². The normalized spacial score (nSPS) is 11.8. The van der Waals surface area contributed by atoms with E-state index in [1.54, 1.807) is 49.4 Å². The van der Waals surface area contributed by atoms with Gasteiger partial charge in [-0.1, -0.05) is 24.3 Å². The summed E-state index contributed by atoms with van der Waals surface area (Å²) in [5, 5.41) is 21.6. The molecule has 0 radical (unpaired) electrons. The molecule has 0 spiro atoms. The van der Waals surface area contributed by atoms with Gasteiger partial charge in [0.15, 0.2) is 5.78 Å². The predicted octanol–water partition coefficient (Wildman–Crippen LogP) is 2.27. The second-order valence-electron chi connectivity index (χ2n) is 5.90. The number of nitrogens with one attached hydrogen (secondary N) is 1. The summed E-state index contributed by atoms with van der Waals surface area (Å²) < 4.78 is 0. The number of hydrogen-bond donors (Lipinski definition) is 3. The van der Waals surface area contributed by atoms with E-state index in [1.807, 2.05) is 0 Å². The number of aromatic hydroxyl groups is 2. The molecular weight excluding hydrogens is 306 g/mol. The number of hydrogen-bond acceptors (Lipinski definition) is 4. The van der Waals surface area contributed by atoms with E-state index in [9.17, 15) is 19.8 Å². The van der Waals surface area contributed by atoms with Gasteiger partial charge in [-0.25, -0.2) is 0 Å². The molecule has 2 rings (SSSR count). The highest BCUT2D eigenvalue weighted by Gasteiger charge is 2.18. The zero-order valence-electron chi connectivity index (χ0n) is 13.7. The molecule has 1 unspecified atom stereocenters. The van der Waals surface area contributed by atoms with Crippen LogP contribution in [-0.2, 0) is 22.4 Å². The van der Waals surface area contributed by atoms with Gasteiger partial charge in [-0.15, -0.1) is 0 Å². The van der Waals surface area contributed by atoms with Gasteiger partial charge in [-0.2, -0.15) is 0 Å². The topological polar surface area (TPSA) is 86.6 Å².